The molecule has 0 aromatic carbocycles. The van der Waals surface area contributed by atoms with Crippen molar-refractivity contribution in [2.24, 2.45) is 5.92 Å². The minimum absolute atomic E-state index is 0.0220. The quantitative estimate of drug-likeness (QED) is 0.789. The third-order valence-electron chi connectivity index (χ3n) is 2.25. The zero-order valence-corrected chi connectivity index (χ0v) is 10.3. The predicted octanol–water partition coefficient (Wildman–Crippen LogP) is 0.319. The van der Waals surface area contributed by atoms with Crippen molar-refractivity contribution in [3.05, 3.63) is 34.2 Å². The molecule has 0 bridgehead atoms. The molecule has 0 aliphatic rings. The Kier molecular flexibility index (Phi) is 4.65. The van der Waals surface area contributed by atoms with Gasteiger partial charge in [-0.2, -0.15) is 0 Å². The minimum Gasteiger partial charge on any atom is -0.478 e. The molecule has 0 saturated heterocycles. The Balaban J connectivity index is 2.77. The SMILES string of the molecule is CC(C)CNC(=O)Cn1cc(C(=O)O)ccc1=O. The number of aromatic carboxylic acids is 1. The van der Waals surface area contributed by atoms with Gasteiger partial charge in [0.05, 0.1) is 5.56 Å². The van der Waals surface area contributed by atoms with Gasteiger partial charge < -0.3 is 15.0 Å². The van der Waals surface area contributed by atoms with Gasteiger partial charge in [0.1, 0.15) is 6.54 Å². The molecule has 2 N–H and O–H groups in total. The number of pyridine rings is 1. The van der Waals surface area contributed by atoms with Gasteiger partial charge in [0.15, 0.2) is 0 Å². The molecular weight excluding hydrogens is 236 g/mol. The van der Waals surface area contributed by atoms with Crippen molar-refractivity contribution in [3.8, 4) is 0 Å². The molecule has 18 heavy (non-hydrogen) atoms. The number of carbonyl (C=O) groups is 2. The highest BCUT2D eigenvalue weighted by Gasteiger charge is 2.08. The number of hydrogen-bond donors (Lipinski definition) is 2. The number of hydrogen-bond acceptors (Lipinski definition) is 3. The van der Waals surface area contributed by atoms with Crippen LogP contribution < -0.4 is 10.9 Å². The zero-order valence-electron chi connectivity index (χ0n) is 10.3. The van der Waals surface area contributed by atoms with E-state index in [0.29, 0.717) is 12.5 Å². The van der Waals surface area contributed by atoms with Gasteiger partial charge in [0.2, 0.25) is 5.91 Å². The fourth-order valence-electron chi connectivity index (χ4n) is 1.31. The van der Waals surface area contributed by atoms with Crippen LogP contribution in [0.15, 0.2) is 23.1 Å². The maximum atomic E-state index is 11.5. The Morgan fingerprint density at radius 3 is 2.61 bits per heavy atom. The van der Waals surface area contributed by atoms with Crippen LogP contribution in [0.2, 0.25) is 0 Å². The lowest BCUT2D eigenvalue weighted by atomic mass is 10.2. The number of nitrogens with zero attached hydrogens (tertiary/aromatic N) is 1. The van der Waals surface area contributed by atoms with E-state index in [1.165, 1.54) is 12.3 Å². The number of nitrogens with one attached hydrogen (secondary N) is 1. The summed E-state index contributed by atoms with van der Waals surface area (Å²) in [6.45, 7) is 4.26. The van der Waals surface area contributed by atoms with E-state index in [1.54, 1.807) is 0 Å². The van der Waals surface area contributed by atoms with Gasteiger partial charge in [0, 0.05) is 18.8 Å². The van der Waals surface area contributed by atoms with Gasteiger partial charge in [-0.05, 0) is 12.0 Å². The highest BCUT2D eigenvalue weighted by Crippen LogP contribution is 1.95. The summed E-state index contributed by atoms with van der Waals surface area (Å²) < 4.78 is 1.08. The Labute approximate surface area is 104 Å². The average molecular weight is 252 g/mol. The second kappa shape index (κ2) is 6.00. The first-order valence-corrected chi connectivity index (χ1v) is 5.60. The number of amides is 1. The van der Waals surface area contributed by atoms with Gasteiger partial charge in [-0.25, -0.2) is 4.79 Å². The Morgan fingerprint density at radius 1 is 1.39 bits per heavy atom. The van der Waals surface area contributed by atoms with Crippen molar-refractivity contribution < 1.29 is 14.7 Å². The molecule has 1 heterocycles. The normalized spacial score (nSPS) is 10.4. The van der Waals surface area contributed by atoms with Crippen molar-refractivity contribution in [2.45, 2.75) is 20.4 Å². The van der Waals surface area contributed by atoms with Crippen molar-refractivity contribution in [1.82, 2.24) is 9.88 Å². The number of carbonyl (C=O) groups excluding carboxylic acids is 1. The van der Waals surface area contributed by atoms with Crippen molar-refractivity contribution in [2.75, 3.05) is 6.54 Å². The van der Waals surface area contributed by atoms with E-state index in [9.17, 15) is 14.4 Å². The van der Waals surface area contributed by atoms with Gasteiger partial charge in [-0.1, -0.05) is 13.8 Å². The van der Waals surface area contributed by atoms with Gasteiger partial charge in [-0.15, -0.1) is 0 Å². The summed E-state index contributed by atoms with van der Waals surface area (Å²) in [4.78, 5) is 33.7. The first kappa shape index (κ1) is 14.0. The van der Waals surface area contributed by atoms with E-state index in [4.69, 9.17) is 5.11 Å². The fourth-order valence-corrected chi connectivity index (χ4v) is 1.31. The second-order valence-electron chi connectivity index (χ2n) is 4.39. The summed E-state index contributed by atoms with van der Waals surface area (Å²) in [5.74, 6) is -1.13. The van der Waals surface area contributed by atoms with E-state index < -0.39 is 11.5 Å². The molecule has 0 spiro atoms. The maximum absolute atomic E-state index is 11.5. The van der Waals surface area contributed by atoms with E-state index in [0.717, 1.165) is 10.6 Å². The summed E-state index contributed by atoms with van der Waals surface area (Å²) in [5.41, 5.74) is -0.425. The number of carboxylic acids is 1. The highest BCUT2D eigenvalue weighted by molar-refractivity contribution is 5.87. The third-order valence-corrected chi connectivity index (χ3v) is 2.25. The molecular formula is C12H16N2O4. The minimum atomic E-state index is -1.13. The highest BCUT2D eigenvalue weighted by atomic mass is 16.4. The Morgan fingerprint density at radius 2 is 2.06 bits per heavy atom. The van der Waals surface area contributed by atoms with Crippen LogP contribution >= 0.6 is 0 Å². The molecule has 1 aromatic heterocycles. The van der Waals surface area contributed by atoms with E-state index in [2.05, 4.69) is 5.32 Å². The van der Waals surface area contributed by atoms with Crippen molar-refractivity contribution in [3.63, 3.8) is 0 Å². The van der Waals surface area contributed by atoms with E-state index in [-0.39, 0.29) is 18.0 Å². The molecule has 6 nitrogen and oxygen atoms in total. The van der Waals surface area contributed by atoms with Crippen LogP contribution in [0.5, 0.6) is 0 Å². The fraction of sp³-hybridized carbons (Fsp3) is 0.417. The molecule has 0 saturated carbocycles. The smallest absolute Gasteiger partial charge is 0.337 e. The largest absolute Gasteiger partial charge is 0.478 e. The lowest BCUT2D eigenvalue weighted by Gasteiger charge is -2.09. The van der Waals surface area contributed by atoms with Crippen LogP contribution in [0.25, 0.3) is 0 Å². The predicted molar refractivity (Wildman–Crippen MR) is 65.5 cm³/mol. The number of carboxylic acid groups (broad SMARTS) is 1. The molecule has 0 unspecified atom stereocenters. The molecule has 0 radical (unpaired) electrons. The Hall–Kier alpha value is -2.11. The van der Waals surface area contributed by atoms with Crippen LogP contribution in [0, 0.1) is 5.92 Å². The van der Waals surface area contributed by atoms with Crippen LogP contribution in [-0.4, -0.2) is 28.1 Å². The summed E-state index contributed by atoms with van der Waals surface area (Å²) in [6, 6.07) is 2.35. The van der Waals surface area contributed by atoms with Crippen molar-refractivity contribution >= 4 is 11.9 Å². The molecule has 6 heteroatoms. The Bertz CT molecular complexity index is 505. The van der Waals surface area contributed by atoms with E-state index >= 15 is 0 Å². The first-order chi connectivity index (χ1) is 8.40. The average Bonchev–Trinajstić information content (AvgIpc) is 2.29. The number of aromatic nitrogens is 1. The summed E-state index contributed by atoms with van der Waals surface area (Å²) in [6.07, 6.45) is 1.17. The number of rotatable bonds is 5. The molecule has 1 amide bonds. The summed E-state index contributed by atoms with van der Waals surface area (Å²) in [5, 5.41) is 11.5. The molecule has 0 aliphatic heterocycles. The topological polar surface area (TPSA) is 88.4 Å². The van der Waals surface area contributed by atoms with Crippen LogP contribution in [0.4, 0.5) is 0 Å². The molecule has 0 aliphatic carbocycles. The van der Waals surface area contributed by atoms with Crippen LogP contribution in [0.3, 0.4) is 0 Å². The lowest BCUT2D eigenvalue weighted by molar-refractivity contribution is -0.121. The molecule has 1 aromatic rings. The van der Waals surface area contributed by atoms with Crippen molar-refractivity contribution in [1.29, 1.82) is 0 Å². The molecule has 0 atom stereocenters. The standard InChI is InChI=1S/C12H16N2O4/c1-8(2)5-13-10(15)7-14-6-9(12(17)18)3-4-11(14)16/h3-4,6,8H,5,7H2,1-2H3,(H,13,15)(H,17,18). The van der Waals surface area contributed by atoms with Gasteiger partial charge >= 0.3 is 5.97 Å². The molecule has 0 fully saturated rings. The maximum Gasteiger partial charge on any atom is 0.337 e. The molecule has 98 valence electrons. The summed E-state index contributed by atoms with van der Waals surface area (Å²) in [7, 11) is 0. The first-order valence-electron chi connectivity index (χ1n) is 5.60. The van der Waals surface area contributed by atoms with E-state index in [1.807, 2.05) is 13.8 Å². The summed E-state index contributed by atoms with van der Waals surface area (Å²) >= 11 is 0. The van der Waals surface area contributed by atoms with Crippen LogP contribution in [-0.2, 0) is 11.3 Å². The monoisotopic (exact) mass is 252 g/mol. The molecule has 1 rings (SSSR count). The zero-order chi connectivity index (χ0) is 13.7. The van der Waals surface area contributed by atoms with Gasteiger partial charge in [0.25, 0.3) is 5.56 Å². The van der Waals surface area contributed by atoms with Gasteiger partial charge in [-0.3, -0.25) is 9.59 Å². The third kappa shape index (κ3) is 4.04. The lowest BCUT2D eigenvalue weighted by Crippen LogP contribution is -2.34. The van der Waals surface area contributed by atoms with Crippen LogP contribution in [0.1, 0.15) is 24.2 Å². The second-order valence-corrected chi connectivity index (χ2v) is 4.39.